The predicted molar refractivity (Wildman–Crippen MR) is 116 cm³/mol. The molecule has 8 nitrogen and oxygen atoms in total. The van der Waals surface area contributed by atoms with Gasteiger partial charge in [0.15, 0.2) is 10.9 Å². The lowest BCUT2D eigenvalue weighted by Gasteiger charge is -2.15. The van der Waals surface area contributed by atoms with Crippen molar-refractivity contribution in [1.29, 1.82) is 0 Å². The summed E-state index contributed by atoms with van der Waals surface area (Å²) >= 11 is 1.30. The number of nitrogens with one attached hydrogen (secondary N) is 2. The Morgan fingerprint density at radius 2 is 2.00 bits per heavy atom. The first-order valence-electron chi connectivity index (χ1n) is 9.95. The topological polar surface area (TPSA) is 105 Å². The van der Waals surface area contributed by atoms with Crippen LogP contribution in [-0.2, 0) is 22.7 Å². The van der Waals surface area contributed by atoms with Crippen molar-refractivity contribution in [3.8, 4) is 11.5 Å². The van der Waals surface area contributed by atoms with Gasteiger partial charge in [-0.3, -0.25) is 19.7 Å². The Bertz CT molecular complexity index is 1100. The number of anilines is 1. The van der Waals surface area contributed by atoms with Crippen LogP contribution in [0.5, 0.6) is 0 Å². The molecule has 0 radical (unpaired) electrons. The summed E-state index contributed by atoms with van der Waals surface area (Å²) in [4.78, 5) is 41.6. The minimum absolute atomic E-state index is 0.130. The predicted octanol–water partition coefficient (Wildman–Crippen LogP) is 3.41. The molecule has 1 aromatic carbocycles. The lowest BCUT2D eigenvalue weighted by molar-refractivity contribution is -0.128. The van der Waals surface area contributed by atoms with Crippen LogP contribution in [0.1, 0.15) is 41.4 Å². The van der Waals surface area contributed by atoms with E-state index in [9.17, 15) is 14.4 Å². The number of hydrogen-bond donors (Lipinski definition) is 2. The maximum atomic E-state index is 12.5. The molecular weight excluding hydrogens is 416 g/mol. The maximum absolute atomic E-state index is 12.5. The maximum Gasteiger partial charge on any atom is 0.257 e. The molecule has 3 amide bonds. The fraction of sp³-hybridized carbons (Fsp3) is 0.273. The van der Waals surface area contributed by atoms with Crippen molar-refractivity contribution in [3.63, 3.8) is 0 Å². The van der Waals surface area contributed by atoms with Gasteiger partial charge in [0.1, 0.15) is 11.5 Å². The summed E-state index contributed by atoms with van der Waals surface area (Å²) in [6.07, 6.45) is 1.52. The second-order valence-corrected chi connectivity index (χ2v) is 8.14. The third-order valence-corrected chi connectivity index (χ3v) is 5.67. The summed E-state index contributed by atoms with van der Waals surface area (Å²) in [7, 11) is 0. The number of furan rings is 1. The molecule has 1 fully saturated rings. The second kappa shape index (κ2) is 9.13. The normalized spacial score (nSPS) is 13.5. The van der Waals surface area contributed by atoms with Crippen molar-refractivity contribution in [3.05, 3.63) is 58.7 Å². The van der Waals surface area contributed by atoms with Crippen molar-refractivity contribution in [2.45, 2.75) is 32.9 Å². The first-order valence-corrected chi connectivity index (χ1v) is 10.8. The highest BCUT2D eigenvalue weighted by Gasteiger charge is 2.20. The van der Waals surface area contributed by atoms with E-state index in [1.807, 2.05) is 17.0 Å². The molecule has 1 saturated heterocycles. The highest BCUT2D eigenvalue weighted by Crippen LogP contribution is 2.27. The van der Waals surface area contributed by atoms with Crippen molar-refractivity contribution in [2.75, 3.05) is 11.9 Å². The first-order chi connectivity index (χ1) is 15.0. The van der Waals surface area contributed by atoms with E-state index in [0.29, 0.717) is 47.4 Å². The summed E-state index contributed by atoms with van der Waals surface area (Å²) in [5, 5.41) is 7.74. The van der Waals surface area contributed by atoms with E-state index in [1.165, 1.54) is 18.3 Å². The zero-order valence-electron chi connectivity index (χ0n) is 17.0. The van der Waals surface area contributed by atoms with Gasteiger partial charge in [-0.2, -0.15) is 0 Å². The number of aromatic nitrogens is 1. The Morgan fingerprint density at radius 1 is 1.19 bits per heavy atom. The van der Waals surface area contributed by atoms with Crippen LogP contribution in [0.3, 0.4) is 0 Å². The average molecular weight is 439 g/mol. The van der Waals surface area contributed by atoms with Gasteiger partial charge in [0, 0.05) is 37.4 Å². The molecule has 9 heteroatoms. The van der Waals surface area contributed by atoms with Gasteiger partial charge in [-0.15, -0.1) is 11.3 Å². The molecule has 0 spiro atoms. The SMILES string of the molecule is CC(=O)NCc1ccc(-c2csc(NC(=O)c3ccc(CN4CCCC4=O)cc3)n2)o1. The molecule has 0 aliphatic carbocycles. The third kappa shape index (κ3) is 5.18. The fourth-order valence-corrected chi connectivity index (χ4v) is 3.98. The molecule has 0 unspecified atom stereocenters. The van der Waals surface area contributed by atoms with E-state index < -0.39 is 0 Å². The monoisotopic (exact) mass is 438 g/mol. The van der Waals surface area contributed by atoms with Crippen LogP contribution in [-0.4, -0.2) is 34.2 Å². The summed E-state index contributed by atoms with van der Waals surface area (Å²) in [6.45, 7) is 3.12. The van der Waals surface area contributed by atoms with Crippen molar-refractivity contribution < 1.29 is 18.8 Å². The van der Waals surface area contributed by atoms with Gasteiger partial charge >= 0.3 is 0 Å². The molecule has 0 atom stereocenters. The zero-order valence-corrected chi connectivity index (χ0v) is 17.8. The smallest absolute Gasteiger partial charge is 0.257 e. The fourth-order valence-electron chi connectivity index (χ4n) is 3.29. The minimum atomic E-state index is -0.254. The van der Waals surface area contributed by atoms with E-state index in [0.717, 1.165) is 18.5 Å². The van der Waals surface area contributed by atoms with Gasteiger partial charge in [-0.25, -0.2) is 4.98 Å². The quantitative estimate of drug-likeness (QED) is 0.588. The first kappa shape index (κ1) is 20.8. The standard InChI is InChI=1S/C22H22N4O4S/c1-14(27)23-11-17-8-9-19(30-17)18-13-31-22(24-18)25-21(29)16-6-4-15(5-7-16)12-26-10-2-3-20(26)28/h4-9,13H,2-3,10-12H2,1H3,(H,23,27)(H,24,25,29). The van der Waals surface area contributed by atoms with Gasteiger partial charge in [-0.05, 0) is 36.2 Å². The Hall–Kier alpha value is -3.46. The van der Waals surface area contributed by atoms with Crippen LogP contribution >= 0.6 is 11.3 Å². The average Bonchev–Trinajstić information content (AvgIpc) is 3.49. The molecule has 2 N–H and O–H groups in total. The van der Waals surface area contributed by atoms with Crippen molar-refractivity contribution in [2.24, 2.45) is 0 Å². The largest absolute Gasteiger partial charge is 0.458 e. The lowest BCUT2D eigenvalue weighted by Crippen LogP contribution is -2.23. The van der Waals surface area contributed by atoms with Crippen LogP contribution in [0.2, 0.25) is 0 Å². The number of nitrogens with zero attached hydrogens (tertiary/aromatic N) is 2. The molecule has 31 heavy (non-hydrogen) atoms. The van der Waals surface area contributed by atoms with Crippen molar-refractivity contribution in [1.82, 2.24) is 15.2 Å². The molecule has 2 aromatic heterocycles. The van der Waals surface area contributed by atoms with E-state index >= 15 is 0 Å². The van der Waals surface area contributed by atoms with Crippen LogP contribution < -0.4 is 10.6 Å². The zero-order chi connectivity index (χ0) is 21.8. The van der Waals surface area contributed by atoms with Gasteiger partial charge in [0.05, 0.1) is 6.54 Å². The second-order valence-electron chi connectivity index (χ2n) is 7.28. The van der Waals surface area contributed by atoms with E-state index in [1.54, 1.807) is 29.6 Å². The number of likely N-dealkylation sites (tertiary alicyclic amines) is 1. The van der Waals surface area contributed by atoms with Gasteiger partial charge in [0.25, 0.3) is 5.91 Å². The number of thiazole rings is 1. The van der Waals surface area contributed by atoms with Crippen LogP contribution in [0.25, 0.3) is 11.5 Å². The van der Waals surface area contributed by atoms with E-state index in [-0.39, 0.29) is 17.7 Å². The molecule has 4 rings (SSSR count). The third-order valence-electron chi connectivity index (χ3n) is 4.91. The Kier molecular flexibility index (Phi) is 6.13. The summed E-state index contributed by atoms with van der Waals surface area (Å²) in [6, 6.07) is 10.8. The molecule has 1 aliphatic heterocycles. The molecular formula is C22H22N4O4S. The van der Waals surface area contributed by atoms with Gasteiger partial charge < -0.3 is 14.6 Å². The lowest BCUT2D eigenvalue weighted by atomic mass is 10.1. The Morgan fingerprint density at radius 3 is 2.71 bits per heavy atom. The molecule has 3 heterocycles. The van der Waals surface area contributed by atoms with Crippen molar-refractivity contribution >= 4 is 34.2 Å². The van der Waals surface area contributed by atoms with E-state index in [4.69, 9.17) is 4.42 Å². The Balaban J connectivity index is 1.35. The van der Waals surface area contributed by atoms with E-state index in [2.05, 4.69) is 15.6 Å². The number of carbonyl (C=O) groups excluding carboxylic acids is 3. The number of carbonyl (C=O) groups is 3. The highest BCUT2D eigenvalue weighted by atomic mass is 32.1. The molecule has 1 aliphatic rings. The number of rotatable bonds is 7. The van der Waals surface area contributed by atoms with Gasteiger partial charge in [-0.1, -0.05) is 12.1 Å². The van der Waals surface area contributed by atoms with Crippen LogP contribution in [0.15, 0.2) is 46.2 Å². The molecule has 160 valence electrons. The van der Waals surface area contributed by atoms with Gasteiger partial charge in [0.2, 0.25) is 11.8 Å². The highest BCUT2D eigenvalue weighted by molar-refractivity contribution is 7.14. The number of benzene rings is 1. The number of amides is 3. The summed E-state index contributed by atoms with van der Waals surface area (Å²) < 4.78 is 5.69. The molecule has 0 bridgehead atoms. The molecule has 0 saturated carbocycles. The Labute approximate surface area is 183 Å². The van der Waals surface area contributed by atoms with Crippen LogP contribution in [0, 0.1) is 0 Å². The minimum Gasteiger partial charge on any atom is -0.458 e. The van der Waals surface area contributed by atoms with Crippen LogP contribution in [0.4, 0.5) is 5.13 Å². The summed E-state index contributed by atoms with van der Waals surface area (Å²) in [5.41, 5.74) is 2.13. The molecule has 3 aromatic rings. The summed E-state index contributed by atoms with van der Waals surface area (Å²) in [5.74, 6) is 0.988. The number of hydrogen-bond acceptors (Lipinski definition) is 6.